The molecule has 1 aromatic rings. The van der Waals surface area contributed by atoms with E-state index in [0.29, 0.717) is 10.6 Å². The number of aliphatic hydroxyl groups excluding tert-OH is 4. The molecule has 1 radical (unpaired) electrons. The van der Waals surface area contributed by atoms with E-state index in [0.717, 1.165) is 0 Å². The highest BCUT2D eigenvalue weighted by Crippen LogP contribution is 2.32. The third-order valence-electron chi connectivity index (χ3n) is 3.02. The Bertz CT molecular complexity index is 394. The Morgan fingerprint density at radius 3 is 2.44 bits per heavy atom. The molecule has 5 nitrogen and oxygen atoms in total. The Morgan fingerprint density at radius 2 is 1.89 bits per heavy atom. The van der Waals surface area contributed by atoms with Crippen molar-refractivity contribution < 1.29 is 25.2 Å². The van der Waals surface area contributed by atoms with Crippen LogP contribution in [0.3, 0.4) is 0 Å². The van der Waals surface area contributed by atoms with Gasteiger partial charge in [-0.2, -0.15) is 0 Å². The number of aliphatic hydroxyl groups is 4. The second kappa shape index (κ2) is 5.52. The summed E-state index contributed by atoms with van der Waals surface area (Å²) in [5.74, 6) is 0. The first-order chi connectivity index (χ1) is 8.54. The van der Waals surface area contributed by atoms with Gasteiger partial charge < -0.3 is 25.2 Å². The number of ether oxygens (including phenoxy) is 1. The molecule has 0 saturated carbocycles. The minimum atomic E-state index is -1.38. The monoisotopic (exact) mass is 273 g/mol. The zero-order valence-corrected chi connectivity index (χ0v) is 10.2. The second-order valence-electron chi connectivity index (χ2n) is 4.22. The summed E-state index contributed by atoms with van der Waals surface area (Å²) >= 11 is 5.71. The molecule has 18 heavy (non-hydrogen) atoms. The van der Waals surface area contributed by atoms with Crippen LogP contribution in [0.15, 0.2) is 18.2 Å². The van der Waals surface area contributed by atoms with Crippen molar-refractivity contribution in [2.45, 2.75) is 30.5 Å². The maximum absolute atomic E-state index is 9.88. The van der Waals surface area contributed by atoms with Crippen molar-refractivity contribution in [3.63, 3.8) is 0 Å². The van der Waals surface area contributed by atoms with Gasteiger partial charge in [-0.15, -0.1) is 0 Å². The Hall–Kier alpha value is -0.690. The van der Waals surface area contributed by atoms with Gasteiger partial charge in [0.15, 0.2) is 0 Å². The average Bonchev–Trinajstić information content (AvgIpc) is 2.38. The van der Waals surface area contributed by atoms with Gasteiger partial charge in [0.2, 0.25) is 0 Å². The molecule has 99 valence electrons. The van der Waals surface area contributed by atoms with Crippen LogP contribution in [0.25, 0.3) is 0 Å². The van der Waals surface area contributed by atoms with Crippen LogP contribution in [0.4, 0.5) is 0 Å². The summed E-state index contributed by atoms with van der Waals surface area (Å²) in [5, 5.41) is 38.7. The number of benzene rings is 1. The maximum atomic E-state index is 9.88. The SMILES string of the molecule is OCC1O[C@@H](c2c[c]c(Cl)cc2)[C@H](O)[C@@H](O)[C@@H]1O. The van der Waals surface area contributed by atoms with Crippen LogP contribution in [-0.4, -0.2) is 51.4 Å². The van der Waals surface area contributed by atoms with Gasteiger partial charge in [-0.05, 0) is 17.7 Å². The van der Waals surface area contributed by atoms with E-state index in [-0.39, 0.29) is 0 Å². The van der Waals surface area contributed by atoms with E-state index < -0.39 is 37.1 Å². The third-order valence-corrected chi connectivity index (χ3v) is 3.25. The summed E-state index contributed by atoms with van der Waals surface area (Å²) in [6.45, 7) is -0.446. The van der Waals surface area contributed by atoms with Crippen LogP contribution in [-0.2, 0) is 4.74 Å². The van der Waals surface area contributed by atoms with Crippen LogP contribution in [0, 0.1) is 6.07 Å². The van der Waals surface area contributed by atoms with Crippen molar-refractivity contribution in [3.8, 4) is 0 Å². The van der Waals surface area contributed by atoms with Gasteiger partial charge in [0.25, 0.3) is 0 Å². The lowest BCUT2D eigenvalue weighted by Gasteiger charge is -2.40. The maximum Gasteiger partial charge on any atom is 0.113 e. The highest BCUT2D eigenvalue weighted by Gasteiger charge is 2.43. The quantitative estimate of drug-likeness (QED) is 0.592. The summed E-state index contributed by atoms with van der Waals surface area (Å²) in [5.41, 5.74) is 0.566. The topological polar surface area (TPSA) is 90.2 Å². The molecule has 0 aliphatic carbocycles. The van der Waals surface area contributed by atoms with Crippen LogP contribution in [0.1, 0.15) is 11.7 Å². The minimum Gasteiger partial charge on any atom is -0.394 e. The van der Waals surface area contributed by atoms with E-state index in [4.69, 9.17) is 21.4 Å². The Morgan fingerprint density at radius 1 is 1.17 bits per heavy atom. The van der Waals surface area contributed by atoms with Gasteiger partial charge >= 0.3 is 0 Å². The fraction of sp³-hybridized carbons (Fsp3) is 0.500. The lowest BCUT2D eigenvalue weighted by molar-refractivity contribution is -0.231. The van der Waals surface area contributed by atoms with Crippen LogP contribution < -0.4 is 0 Å². The van der Waals surface area contributed by atoms with Crippen molar-refractivity contribution in [1.82, 2.24) is 0 Å². The molecule has 1 unspecified atom stereocenters. The molecule has 5 atom stereocenters. The lowest BCUT2D eigenvalue weighted by atomic mass is 9.91. The fourth-order valence-electron chi connectivity index (χ4n) is 1.97. The van der Waals surface area contributed by atoms with Crippen LogP contribution in [0.2, 0.25) is 5.02 Å². The smallest absolute Gasteiger partial charge is 0.113 e. The lowest BCUT2D eigenvalue weighted by Crippen LogP contribution is -2.55. The molecular formula is C12H14ClO5. The first-order valence-electron chi connectivity index (χ1n) is 5.52. The molecule has 1 aliphatic heterocycles. The van der Waals surface area contributed by atoms with Gasteiger partial charge in [0.05, 0.1) is 6.61 Å². The summed E-state index contributed by atoms with van der Waals surface area (Å²) in [6, 6.07) is 7.49. The molecule has 6 heteroatoms. The van der Waals surface area contributed by atoms with E-state index in [9.17, 15) is 15.3 Å². The number of hydrogen-bond donors (Lipinski definition) is 4. The molecule has 1 aromatic carbocycles. The molecule has 1 heterocycles. The van der Waals surface area contributed by atoms with Crippen molar-refractivity contribution >= 4 is 11.6 Å². The molecule has 2 rings (SSSR count). The number of rotatable bonds is 2. The first kappa shape index (κ1) is 13.7. The third kappa shape index (κ3) is 2.51. The van der Waals surface area contributed by atoms with Crippen molar-refractivity contribution in [2.24, 2.45) is 0 Å². The predicted octanol–water partition coefficient (Wildman–Crippen LogP) is -0.345. The van der Waals surface area contributed by atoms with Crippen LogP contribution in [0.5, 0.6) is 0 Å². The highest BCUT2D eigenvalue weighted by molar-refractivity contribution is 6.30. The summed E-state index contributed by atoms with van der Waals surface area (Å²) in [6.07, 6.45) is -5.76. The fourth-order valence-corrected chi connectivity index (χ4v) is 2.09. The summed E-state index contributed by atoms with van der Waals surface area (Å²) in [4.78, 5) is 0. The molecular weight excluding hydrogens is 260 g/mol. The molecule has 0 bridgehead atoms. The Balaban J connectivity index is 2.24. The van der Waals surface area contributed by atoms with E-state index in [1.165, 1.54) is 6.07 Å². The molecule has 0 spiro atoms. The summed E-state index contributed by atoms with van der Waals surface area (Å²) in [7, 11) is 0. The van der Waals surface area contributed by atoms with Crippen molar-refractivity contribution in [2.75, 3.05) is 6.61 Å². The molecule has 0 amide bonds. The zero-order valence-electron chi connectivity index (χ0n) is 9.40. The van der Waals surface area contributed by atoms with Gasteiger partial charge in [-0.3, -0.25) is 0 Å². The van der Waals surface area contributed by atoms with Gasteiger partial charge in [-0.1, -0.05) is 17.7 Å². The highest BCUT2D eigenvalue weighted by atomic mass is 35.5. The minimum absolute atomic E-state index is 0.420. The van der Waals surface area contributed by atoms with Crippen molar-refractivity contribution in [1.29, 1.82) is 0 Å². The van der Waals surface area contributed by atoms with Gasteiger partial charge in [0, 0.05) is 11.1 Å². The van der Waals surface area contributed by atoms with E-state index in [1.807, 2.05) is 0 Å². The largest absolute Gasteiger partial charge is 0.394 e. The number of halogens is 1. The zero-order chi connectivity index (χ0) is 13.3. The molecule has 1 aliphatic rings. The average molecular weight is 274 g/mol. The molecule has 1 fully saturated rings. The van der Waals surface area contributed by atoms with Crippen LogP contribution >= 0.6 is 11.6 Å². The standard InChI is InChI=1S/C12H14ClO5/c13-7-3-1-6(2-4-7)12-11(17)10(16)9(15)8(5-14)18-12/h1-3,8-12,14-17H,5H2/t8?,9-,10+,11-,12+/m1/s1. The number of hydrogen-bond acceptors (Lipinski definition) is 5. The predicted molar refractivity (Wildman–Crippen MR) is 63.0 cm³/mol. The van der Waals surface area contributed by atoms with E-state index in [1.54, 1.807) is 12.1 Å². The Kier molecular flexibility index (Phi) is 4.21. The Labute approximate surface area is 109 Å². The second-order valence-corrected chi connectivity index (χ2v) is 4.63. The van der Waals surface area contributed by atoms with E-state index >= 15 is 0 Å². The molecule has 1 saturated heterocycles. The summed E-state index contributed by atoms with van der Waals surface area (Å²) < 4.78 is 5.38. The van der Waals surface area contributed by atoms with Gasteiger partial charge in [0.1, 0.15) is 30.5 Å². The van der Waals surface area contributed by atoms with Crippen molar-refractivity contribution in [3.05, 3.63) is 34.9 Å². The first-order valence-corrected chi connectivity index (χ1v) is 5.90. The van der Waals surface area contributed by atoms with Gasteiger partial charge in [-0.25, -0.2) is 0 Å². The normalized spacial score (nSPS) is 36.6. The molecule has 0 aromatic heterocycles. The van der Waals surface area contributed by atoms with E-state index in [2.05, 4.69) is 6.07 Å². The molecule has 4 N–H and O–H groups in total.